The monoisotopic (exact) mass is 168 g/mol. The lowest BCUT2D eigenvalue weighted by Crippen LogP contribution is -2.07. The van der Waals surface area contributed by atoms with Crippen molar-refractivity contribution in [2.24, 2.45) is 0 Å². The maximum absolute atomic E-state index is 9.98. The van der Waals surface area contributed by atoms with E-state index >= 15 is 0 Å². The molecule has 0 aliphatic carbocycles. The Morgan fingerprint density at radius 1 is 1.78 bits per heavy atom. The summed E-state index contributed by atoms with van der Waals surface area (Å²) >= 11 is 9.45. The van der Waals surface area contributed by atoms with Crippen molar-refractivity contribution in [1.82, 2.24) is 0 Å². The molecule has 0 fully saturated rings. The quantitative estimate of drug-likeness (QED) is 0.492. The molecule has 1 N–H and O–H groups in total. The summed E-state index contributed by atoms with van der Waals surface area (Å²) in [5.74, 6) is -0.210. The van der Waals surface area contributed by atoms with E-state index in [1.165, 1.54) is 0 Å². The second-order valence-electron chi connectivity index (χ2n) is 1.71. The van der Waals surface area contributed by atoms with Gasteiger partial charge in [-0.15, -0.1) is 11.6 Å². The van der Waals surface area contributed by atoms with E-state index in [1.54, 1.807) is 0 Å². The lowest BCUT2D eigenvalue weighted by molar-refractivity contribution is -0.137. The third-order valence-electron chi connectivity index (χ3n) is 0.838. The smallest absolute Gasteiger partial charge is 0.304 e. The highest BCUT2D eigenvalue weighted by Crippen LogP contribution is 2.07. The zero-order valence-electron chi connectivity index (χ0n) is 4.88. The highest BCUT2D eigenvalue weighted by atomic mass is 35.5. The van der Waals surface area contributed by atoms with Crippen molar-refractivity contribution in [3.8, 4) is 0 Å². The number of carboxylic acids is 1. The number of rotatable bonds is 4. The van der Waals surface area contributed by atoms with E-state index in [-0.39, 0.29) is 11.8 Å². The molecule has 0 aromatic heterocycles. The van der Waals surface area contributed by atoms with Crippen molar-refractivity contribution >= 4 is 30.2 Å². The summed E-state index contributed by atoms with van der Waals surface area (Å²) in [6.07, 6.45) is 0.680. The van der Waals surface area contributed by atoms with Crippen LogP contribution in [0.3, 0.4) is 0 Å². The fraction of sp³-hybridized carbons (Fsp3) is 0.800. The largest absolute Gasteiger partial charge is 0.481 e. The lowest BCUT2D eigenvalue weighted by Gasteiger charge is -2.01. The van der Waals surface area contributed by atoms with Gasteiger partial charge in [0.25, 0.3) is 0 Å². The van der Waals surface area contributed by atoms with E-state index in [9.17, 15) is 4.79 Å². The minimum atomic E-state index is -0.850. The third-order valence-corrected chi connectivity index (χ3v) is 1.47. The molecule has 0 bridgehead atoms. The first-order valence-electron chi connectivity index (χ1n) is 2.63. The molecule has 0 aliphatic rings. The van der Waals surface area contributed by atoms with Crippen LogP contribution >= 0.6 is 24.2 Å². The highest BCUT2D eigenvalue weighted by Gasteiger charge is 2.07. The van der Waals surface area contributed by atoms with Gasteiger partial charge < -0.3 is 5.11 Å². The van der Waals surface area contributed by atoms with Gasteiger partial charge in [0.1, 0.15) is 0 Å². The van der Waals surface area contributed by atoms with Gasteiger partial charge in [-0.05, 0) is 12.2 Å². The summed E-state index contributed by atoms with van der Waals surface area (Å²) in [6.45, 7) is 0. The molecule has 4 heteroatoms. The second-order valence-corrected chi connectivity index (χ2v) is 2.77. The maximum Gasteiger partial charge on any atom is 0.304 e. The Bertz CT molecular complexity index is 97.0. The summed E-state index contributed by atoms with van der Waals surface area (Å²) in [7, 11) is 0. The number of hydrogen-bond acceptors (Lipinski definition) is 2. The number of thiol groups is 1. The van der Waals surface area contributed by atoms with Gasteiger partial charge in [-0.2, -0.15) is 12.6 Å². The predicted octanol–water partition coefficient (Wildman–Crippen LogP) is 1.39. The van der Waals surface area contributed by atoms with Gasteiger partial charge in [0.2, 0.25) is 0 Å². The van der Waals surface area contributed by atoms with Crippen LogP contribution in [0.25, 0.3) is 0 Å². The number of alkyl halides is 1. The number of halogens is 1. The molecule has 54 valence electrons. The molecular weight excluding hydrogens is 160 g/mol. The standard InChI is InChI=1S/C5H9ClO2S/c6-4(1-2-9)3-5(7)8/h4,9H,1-3H2,(H,7,8). The summed E-state index contributed by atoms with van der Waals surface area (Å²) < 4.78 is 0. The SMILES string of the molecule is O=C(O)CC(Cl)CCS. The molecule has 0 aromatic carbocycles. The molecule has 2 nitrogen and oxygen atoms in total. The van der Waals surface area contributed by atoms with Gasteiger partial charge in [0, 0.05) is 5.38 Å². The van der Waals surface area contributed by atoms with Crippen LogP contribution in [0.1, 0.15) is 12.8 Å². The summed E-state index contributed by atoms with van der Waals surface area (Å²) in [5, 5.41) is 7.94. The van der Waals surface area contributed by atoms with E-state index in [2.05, 4.69) is 12.6 Å². The summed E-state index contributed by atoms with van der Waals surface area (Å²) in [5.41, 5.74) is 0. The van der Waals surface area contributed by atoms with Crippen molar-refractivity contribution in [2.75, 3.05) is 5.75 Å². The molecule has 0 saturated carbocycles. The summed E-state index contributed by atoms with van der Waals surface area (Å²) in [4.78, 5) is 9.98. The molecule has 0 spiro atoms. The van der Waals surface area contributed by atoms with Crippen LogP contribution in [-0.4, -0.2) is 22.2 Å². The predicted molar refractivity (Wildman–Crippen MR) is 40.4 cm³/mol. The molecule has 0 radical (unpaired) electrons. The third kappa shape index (κ3) is 5.99. The molecule has 0 aromatic rings. The summed E-state index contributed by atoms with van der Waals surface area (Å²) in [6, 6.07) is 0. The molecule has 0 saturated heterocycles. The number of hydrogen-bond donors (Lipinski definition) is 2. The lowest BCUT2D eigenvalue weighted by atomic mass is 10.2. The van der Waals surface area contributed by atoms with Gasteiger partial charge in [-0.3, -0.25) is 4.79 Å². The first kappa shape index (κ1) is 9.11. The number of carbonyl (C=O) groups is 1. The van der Waals surface area contributed by atoms with E-state index < -0.39 is 5.97 Å². The zero-order chi connectivity index (χ0) is 7.28. The second kappa shape index (κ2) is 4.94. The normalized spacial score (nSPS) is 13.1. The Kier molecular flexibility index (Phi) is 5.00. The molecule has 0 amide bonds. The van der Waals surface area contributed by atoms with Crippen LogP contribution in [-0.2, 0) is 4.79 Å². The molecule has 0 heterocycles. The zero-order valence-corrected chi connectivity index (χ0v) is 6.53. The molecule has 0 rings (SSSR count). The van der Waals surface area contributed by atoms with Crippen molar-refractivity contribution < 1.29 is 9.90 Å². The fourth-order valence-electron chi connectivity index (χ4n) is 0.432. The molecular formula is C5H9ClO2S. The molecule has 1 atom stereocenters. The van der Waals surface area contributed by atoms with E-state index in [4.69, 9.17) is 16.7 Å². The van der Waals surface area contributed by atoms with Crippen LogP contribution in [0.5, 0.6) is 0 Å². The topological polar surface area (TPSA) is 37.3 Å². The van der Waals surface area contributed by atoms with Crippen molar-refractivity contribution in [3.63, 3.8) is 0 Å². The minimum Gasteiger partial charge on any atom is -0.481 e. The maximum atomic E-state index is 9.98. The molecule has 0 aliphatic heterocycles. The average molecular weight is 169 g/mol. The fourth-order valence-corrected chi connectivity index (χ4v) is 1.14. The van der Waals surface area contributed by atoms with Crippen LogP contribution in [0.4, 0.5) is 0 Å². The Morgan fingerprint density at radius 3 is 2.67 bits per heavy atom. The Labute approximate surface area is 64.6 Å². The molecule has 9 heavy (non-hydrogen) atoms. The van der Waals surface area contributed by atoms with E-state index in [0.29, 0.717) is 12.2 Å². The Morgan fingerprint density at radius 2 is 2.33 bits per heavy atom. The average Bonchev–Trinajstić information content (AvgIpc) is 1.63. The van der Waals surface area contributed by atoms with Gasteiger partial charge in [0.05, 0.1) is 6.42 Å². The molecule has 1 unspecified atom stereocenters. The first-order chi connectivity index (χ1) is 4.16. The number of carboxylic acid groups (broad SMARTS) is 1. The highest BCUT2D eigenvalue weighted by molar-refractivity contribution is 7.80. The van der Waals surface area contributed by atoms with Crippen molar-refractivity contribution in [1.29, 1.82) is 0 Å². The Hall–Kier alpha value is 0.110. The van der Waals surface area contributed by atoms with Gasteiger partial charge >= 0.3 is 5.97 Å². The van der Waals surface area contributed by atoms with E-state index in [0.717, 1.165) is 0 Å². The number of aliphatic carboxylic acids is 1. The first-order valence-corrected chi connectivity index (χ1v) is 3.70. The van der Waals surface area contributed by atoms with Gasteiger partial charge in [-0.25, -0.2) is 0 Å². The minimum absolute atomic E-state index is 0.0299. The van der Waals surface area contributed by atoms with Gasteiger partial charge in [-0.1, -0.05) is 0 Å². The van der Waals surface area contributed by atoms with Crippen LogP contribution in [0.15, 0.2) is 0 Å². The van der Waals surface area contributed by atoms with Gasteiger partial charge in [0.15, 0.2) is 0 Å². The van der Waals surface area contributed by atoms with Crippen molar-refractivity contribution in [3.05, 3.63) is 0 Å². The van der Waals surface area contributed by atoms with Crippen molar-refractivity contribution in [2.45, 2.75) is 18.2 Å². The van der Waals surface area contributed by atoms with E-state index in [1.807, 2.05) is 0 Å². The van der Waals surface area contributed by atoms with Crippen LogP contribution in [0, 0.1) is 0 Å². The van der Waals surface area contributed by atoms with Crippen LogP contribution < -0.4 is 0 Å². The van der Waals surface area contributed by atoms with Crippen LogP contribution in [0.2, 0.25) is 0 Å². The Balaban J connectivity index is 3.26.